The number of aryl methyl sites for hydroxylation is 1. The number of rotatable bonds is 5. The van der Waals surface area contributed by atoms with Crippen LogP contribution < -0.4 is 4.74 Å². The third-order valence-corrected chi connectivity index (χ3v) is 4.81. The number of benzene rings is 3. The summed E-state index contributed by atoms with van der Waals surface area (Å²) in [5.74, 6) is -0.610. The van der Waals surface area contributed by atoms with Crippen molar-refractivity contribution in [2.75, 3.05) is 0 Å². The summed E-state index contributed by atoms with van der Waals surface area (Å²) in [7, 11) is 0. The van der Waals surface area contributed by atoms with Gasteiger partial charge in [-0.15, -0.1) is 0 Å². The predicted molar refractivity (Wildman–Crippen MR) is 116 cm³/mol. The topological polar surface area (TPSA) is 91.0 Å². The fraction of sp³-hybridized carbons (Fsp3) is 0.0833. The van der Waals surface area contributed by atoms with Crippen LogP contribution in [0.2, 0.25) is 0 Å². The molecule has 1 aliphatic rings. The molecule has 1 aliphatic heterocycles. The summed E-state index contributed by atoms with van der Waals surface area (Å²) in [5.41, 5.74) is 0.394. The number of carbonyl (C=O) groups is 1. The van der Waals surface area contributed by atoms with Crippen LogP contribution in [0.25, 0.3) is 6.08 Å². The average molecular weight is 468 g/mol. The number of aliphatic imine (C=N–C) groups is 1. The third kappa shape index (κ3) is 4.96. The maximum Gasteiger partial charge on any atom is 0.416 e. The maximum absolute atomic E-state index is 12.9. The number of nitro groups is 1. The van der Waals surface area contributed by atoms with Crippen LogP contribution in [0.3, 0.4) is 0 Å². The molecule has 0 saturated carbocycles. The number of nitrogens with zero attached hydrogens (tertiary/aromatic N) is 2. The molecule has 0 aliphatic carbocycles. The van der Waals surface area contributed by atoms with E-state index < -0.39 is 28.3 Å². The van der Waals surface area contributed by atoms with Crippen molar-refractivity contribution in [1.29, 1.82) is 0 Å². The SMILES string of the molecule is Cc1ccc(C2=N/C(=C\c3ccc(Oc4ccc(C(F)(F)F)cc4[N+](=O)[O-])cc3)C(=O)O2)cc1. The van der Waals surface area contributed by atoms with E-state index in [4.69, 9.17) is 9.47 Å². The molecule has 1 heterocycles. The van der Waals surface area contributed by atoms with Gasteiger partial charge < -0.3 is 9.47 Å². The van der Waals surface area contributed by atoms with Crippen molar-refractivity contribution in [1.82, 2.24) is 0 Å². The number of nitro benzene ring substituents is 1. The smallest absolute Gasteiger partial charge is 0.416 e. The summed E-state index contributed by atoms with van der Waals surface area (Å²) in [6, 6.07) is 15.4. The minimum Gasteiger partial charge on any atom is -0.450 e. The van der Waals surface area contributed by atoms with E-state index >= 15 is 0 Å². The molecule has 3 aromatic rings. The van der Waals surface area contributed by atoms with Gasteiger partial charge in [0.1, 0.15) is 5.75 Å². The van der Waals surface area contributed by atoms with E-state index in [1.165, 1.54) is 18.2 Å². The molecule has 0 aromatic heterocycles. The molecule has 0 N–H and O–H groups in total. The first-order valence-corrected chi connectivity index (χ1v) is 9.83. The fourth-order valence-corrected chi connectivity index (χ4v) is 3.07. The largest absolute Gasteiger partial charge is 0.450 e. The molecule has 172 valence electrons. The molecule has 0 atom stereocenters. The van der Waals surface area contributed by atoms with Crippen LogP contribution in [-0.4, -0.2) is 16.8 Å². The first-order chi connectivity index (χ1) is 16.1. The maximum atomic E-state index is 12.9. The summed E-state index contributed by atoms with van der Waals surface area (Å²) in [6.07, 6.45) is -3.23. The van der Waals surface area contributed by atoms with Crippen molar-refractivity contribution in [3.63, 3.8) is 0 Å². The van der Waals surface area contributed by atoms with Crippen LogP contribution in [0.5, 0.6) is 11.5 Å². The zero-order valence-electron chi connectivity index (χ0n) is 17.5. The van der Waals surface area contributed by atoms with Crippen LogP contribution >= 0.6 is 0 Å². The Morgan fingerprint density at radius 3 is 2.32 bits per heavy atom. The Labute approximate surface area is 190 Å². The summed E-state index contributed by atoms with van der Waals surface area (Å²) < 4.78 is 49.2. The molecular weight excluding hydrogens is 453 g/mol. The second-order valence-electron chi connectivity index (χ2n) is 7.31. The summed E-state index contributed by atoms with van der Waals surface area (Å²) in [5, 5.41) is 11.2. The van der Waals surface area contributed by atoms with E-state index in [0.717, 1.165) is 11.6 Å². The van der Waals surface area contributed by atoms with Gasteiger partial charge in [0.05, 0.1) is 10.5 Å². The highest BCUT2D eigenvalue weighted by Gasteiger charge is 2.33. The molecule has 0 bridgehead atoms. The first kappa shape index (κ1) is 22.7. The van der Waals surface area contributed by atoms with Crippen LogP contribution in [-0.2, 0) is 15.7 Å². The van der Waals surface area contributed by atoms with Gasteiger partial charge in [0.2, 0.25) is 11.6 Å². The van der Waals surface area contributed by atoms with E-state index in [1.54, 1.807) is 24.3 Å². The van der Waals surface area contributed by atoms with Crippen molar-refractivity contribution in [3.8, 4) is 11.5 Å². The lowest BCUT2D eigenvalue weighted by molar-refractivity contribution is -0.385. The fourth-order valence-electron chi connectivity index (χ4n) is 3.07. The number of hydrogen-bond acceptors (Lipinski definition) is 6. The third-order valence-electron chi connectivity index (χ3n) is 4.81. The van der Waals surface area contributed by atoms with Crippen molar-refractivity contribution in [3.05, 3.63) is 105 Å². The van der Waals surface area contributed by atoms with E-state index in [1.807, 2.05) is 19.1 Å². The quantitative estimate of drug-likeness (QED) is 0.197. The standard InChI is InChI=1S/C24H15F3N2O5/c1-14-2-6-16(7-3-14)22-28-19(23(30)34-22)12-15-4-9-18(10-5-15)33-21-11-8-17(24(25,26)27)13-20(21)29(31)32/h2-13H,1H3/b19-12-. The Balaban J connectivity index is 1.54. The Morgan fingerprint density at radius 2 is 1.71 bits per heavy atom. The molecular formula is C24H15F3N2O5. The summed E-state index contributed by atoms with van der Waals surface area (Å²) >= 11 is 0. The van der Waals surface area contributed by atoms with Gasteiger partial charge in [-0.2, -0.15) is 13.2 Å². The zero-order valence-corrected chi connectivity index (χ0v) is 17.5. The molecule has 0 radical (unpaired) electrons. The van der Waals surface area contributed by atoms with Crippen molar-refractivity contribution in [2.24, 2.45) is 4.99 Å². The average Bonchev–Trinajstić information content (AvgIpc) is 3.15. The zero-order chi connectivity index (χ0) is 24.5. The molecule has 0 amide bonds. The van der Waals surface area contributed by atoms with E-state index in [2.05, 4.69) is 4.99 Å². The lowest BCUT2D eigenvalue weighted by Crippen LogP contribution is -2.06. The number of hydrogen-bond donors (Lipinski definition) is 0. The Kier molecular flexibility index (Phi) is 5.89. The van der Waals surface area contributed by atoms with Gasteiger partial charge in [0.15, 0.2) is 5.70 Å². The number of ether oxygens (including phenoxy) is 2. The van der Waals surface area contributed by atoms with Crippen LogP contribution in [0.1, 0.15) is 22.3 Å². The number of halogens is 3. The minimum atomic E-state index is -4.72. The highest BCUT2D eigenvalue weighted by molar-refractivity contribution is 6.12. The molecule has 0 saturated heterocycles. The number of cyclic esters (lactones) is 1. The summed E-state index contributed by atoms with van der Waals surface area (Å²) in [6.45, 7) is 1.93. The van der Waals surface area contributed by atoms with Crippen molar-refractivity contribution < 1.29 is 32.4 Å². The first-order valence-electron chi connectivity index (χ1n) is 9.83. The monoisotopic (exact) mass is 468 g/mol. The predicted octanol–water partition coefficient (Wildman–Crippen LogP) is 6.06. The van der Waals surface area contributed by atoms with Gasteiger partial charge in [0.25, 0.3) is 0 Å². The number of alkyl halides is 3. The number of esters is 1. The second-order valence-corrected chi connectivity index (χ2v) is 7.31. The van der Waals surface area contributed by atoms with Crippen LogP contribution in [0.4, 0.5) is 18.9 Å². The minimum absolute atomic E-state index is 0.0858. The number of carbonyl (C=O) groups excluding carboxylic acids is 1. The highest BCUT2D eigenvalue weighted by Crippen LogP contribution is 2.38. The normalized spacial score (nSPS) is 14.6. The molecule has 0 spiro atoms. The Morgan fingerprint density at radius 1 is 1.03 bits per heavy atom. The van der Waals surface area contributed by atoms with Gasteiger partial charge in [-0.3, -0.25) is 10.1 Å². The van der Waals surface area contributed by atoms with Crippen LogP contribution in [0, 0.1) is 17.0 Å². The van der Waals surface area contributed by atoms with E-state index in [-0.39, 0.29) is 23.1 Å². The molecule has 10 heteroatoms. The molecule has 7 nitrogen and oxygen atoms in total. The summed E-state index contributed by atoms with van der Waals surface area (Å²) in [4.78, 5) is 26.6. The molecule has 4 rings (SSSR count). The molecule has 0 fully saturated rings. The van der Waals surface area contributed by atoms with Gasteiger partial charge in [-0.1, -0.05) is 29.8 Å². The van der Waals surface area contributed by atoms with Crippen molar-refractivity contribution in [2.45, 2.75) is 13.1 Å². The van der Waals surface area contributed by atoms with Crippen molar-refractivity contribution >= 4 is 23.6 Å². The van der Waals surface area contributed by atoms with Gasteiger partial charge in [-0.05, 0) is 55.0 Å². The molecule has 3 aromatic carbocycles. The lowest BCUT2D eigenvalue weighted by atomic mass is 10.1. The van der Waals surface area contributed by atoms with E-state index in [9.17, 15) is 28.1 Å². The van der Waals surface area contributed by atoms with Gasteiger partial charge in [0, 0.05) is 11.6 Å². The van der Waals surface area contributed by atoms with Gasteiger partial charge >= 0.3 is 17.8 Å². The van der Waals surface area contributed by atoms with Crippen LogP contribution in [0.15, 0.2) is 77.4 Å². The highest BCUT2D eigenvalue weighted by atomic mass is 19.4. The Hall–Kier alpha value is -4.47. The van der Waals surface area contributed by atoms with E-state index in [0.29, 0.717) is 23.3 Å². The second kappa shape index (κ2) is 8.81. The molecule has 34 heavy (non-hydrogen) atoms. The lowest BCUT2D eigenvalue weighted by Gasteiger charge is -2.10. The Bertz CT molecular complexity index is 1330. The molecule has 0 unspecified atom stereocenters. The van der Waals surface area contributed by atoms with Gasteiger partial charge in [-0.25, -0.2) is 9.79 Å².